The van der Waals surface area contributed by atoms with E-state index in [0.717, 1.165) is 27.4 Å². The number of carbonyl (C=O) groups excluding carboxylic acids is 1. The van der Waals surface area contributed by atoms with Gasteiger partial charge >= 0.3 is 0 Å². The van der Waals surface area contributed by atoms with Crippen LogP contribution in [0.4, 0.5) is 5.13 Å². The summed E-state index contributed by atoms with van der Waals surface area (Å²) < 4.78 is 5.60. The van der Waals surface area contributed by atoms with Crippen LogP contribution in [-0.4, -0.2) is 22.7 Å². The Kier molecular flexibility index (Phi) is 5.40. The molecule has 128 valence electrons. The van der Waals surface area contributed by atoms with Crippen molar-refractivity contribution < 1.29 is 9.53 Å². The molecule has 0 aliphatic rings. The van der Waals surface area contributed by atoms with E-state index in [1.807, 2.05) is 62.4 Å². The van der Waals surface area contributed by atoms with Crippen molar-refractivity contribution >= 4 is 22.4 Å². The summed E-state index contributed by atoms with van der Waals surface area (Å²) in [6.07, 6.45) is 0.702. The molecule has 0 bridgehead atoms. The molecule has 1 heterocycles. The van der Waals surface area contributed by atoms with E-state index in [1.165, 1.54) is 11.3 Å². The maximum Gasteiger partial charge on any atom is 0.264 e. The van der Waals surface area contributed by atoms with Crippen LogP contribution in [0.5, 0.6) is 5.75 Å². The summed E-state index contributed by atoms with van der Waals surface area (Å²) in [5, 5.41) is 12.2. The number of anilines is 1. The zero-order valence-electron chi connectivity index (χ0n) is 14.2. The van der Waals surface area contributed by atoms with Crippen molar-refractivity contribution in [2.24, 2.45) is 0 Å². The topological polar surface area (TPSA) is 64.1 Å². The summed E-state index contributed by atoms with van der Waals surface area (Å²) in [6.45, 7) is 3.93. The fourth-order valence-electron chi connectivity index (χ4n) is 2.33. The van der Waals surface area contributed by atoms with Crippen LogP contribution in [0.15, 0.2) is 48.5 Å². The number of nitrogens with zero attached hydrogens (tertiary/aromatic N) is 2. The second kappa shape index (κ2) is 7.90. The van der Waals surface area contributed by atoms with Crippen molar-refractivity contribution in [3.8, 4) is 5.75 Å². The van der Waals surface area contributed by atoms with Gasteiger partial charge in [0.2, 0.25) is 5.13 Å². The number of benzene rings is 2. The highest BCUT2D eigenvalue weighted by molar-refractivity contribution is 7.15. The summed E-state index contributed by atoms with van der Waals surface area (Å²) in [4.78, 5) is 12.1. The Morgan fingerprint density at radius 2 is 1.88 bits per heavy atom. The summed E-state index contributed by atoms with van der Waals surface area (Å²) in [5.41, 5.74) is 3.33. The number of rotatable bonds is 6. The Balaban J connectivity index is 1.54. The fourth-order valence-corrected chi connectivity index (χ4v) is 3.12. The van der Waals surface area contributed by atoms with Crippen molar-refractivity contribution in [2.75, 3.05) is 11.9 Å². The third-order valence-electron chi connectivity index (χ3n) is 3.83. The Morgan fingerprint density at radius 1 is 1.08 bits per heavy atom. The first kappa shape index (κ1) is 17.1. The van der Waals surface area contributed by atoms with Gasteiger partial charge in [0.25, 0.3) is 5.91 Å². The molecule has 0 saturated carbocycles. The number of aryl methyl sites for hydroxylation is 1. The Hall–Kier alpha value is -2.73. The van der Waals surface area contributed by atoms with Crippen LogP contribution in [0.25, 0.3) is 0 Å². The van der Waals surface area contributed by atoms with E-state index >= 15 is 0 Å². The van der Waals surface area contributed by atoms with Gasteiger partial charge in [0.15, 0.2) is 6.61 Å². The molecule has 0 aliphatic heterocycles. The normalized spacial score (nSPS) is 10.5. The Morgan fingerprint density at radius 3 is 2.68 bits per heavy atom. The lowest BCUT2D eigenvalue weighted by atomic mass is 10.1. The number of ether oxygens (including phenoxy) is 1. The lowest BCUT2D eigenvalue weighted by Crippen LogP contribution is -2.20. The highest BCUT2D eigenvalue weighted by atomic mass is 32.1. The SMILES string of the molecule is Cc1cccc(OCC(=O)Nc2nnc(Cc3ccccc3)s2)c1C. The van der Waals surface area contributed by atoms with Gasteiger partial charge in [0.05, 0.1) is 0 Å². The van der Waals surface area contributed by atoms with Gasteiger partial charge in [-0.1, -0.05) is 53.8 Å². The highest BCUT2D eigenvalue weighted by Crippen LogP contribution is 2.21. The number of aromatic nitrogens is 2. The predicted octanol–water partition coefficient (Wildman–Crippen LogP) is 3.76. The van der Waals surface area contributed by atoms with Gasteiger partial charge in [-0.25, -0.2) is 0 Å². The van der Waals surface area contributed by atoms with Crippen molar-refractivity contribution in [1.29, 1.82) is 0 Å². The molecule has 25 heavy (non-hydrogen) atoms. The largest absolute Gasteiger partial charge is 0.483 e. The summed E-state index contributed by atoms with van der Waals surface area (Å²) >= 11 is 1.37. The van der Waals surface area contributed by atoms with Crippen molar-refractivity contribution in [1.82, 2.24) is 10.2 Å². The third-order valence-corrected chi connectivity index (χ3v) is 4.66. The molecule has 3 rings (SSSR count). The second-order valence-corrected chi connectivity index (χ2v) is 6.76. The molecule has 3 aromatic rings. The molecule has 0 fully saturated rings. The van der Waals surface area contributed by atoms with Gasteiger partial charge in [-0.2, -0.15) is 0 Å². The monoisotopic (exact) mass is 353 g/mol. The minimum atomic E-state index is -0.247. The van der Waals surface area contributed by atoms with E-state index in [0.29, 0.717) is 11.6 Å². The van der Waals surface area contributed by atoms with Crippen LogP contribution in [0.1, 0.15) is 21.7 Å². The molecule has 2 aromatic carbocycles. The number of nitrogens with one attached hydrogen (secondary N) is 1. The molecule has 1 aromatic heterocycles. The van der Waals surface area contributed by atoms with Crippen molar-refractivity contribution in [3.63, 3.8) is 0 Å². The van der Waals surface area contributed by atoms with Gasteiger partial charge in [-0.15, -0.1) is 10.2 Å². The zero-order valence-corrected chi connectivity index (χ0v) is 15.0. The summed E-state index contributed by atoms with van der Waals surface area (Å²) in [7, 11) is 0. The molecule has 0 aliphatic carbocycles. The average Bonchev–Trinajstić information content (AvgIpc) is 3.04. The van der Waals surface area contributed by atoms with Gasteiger partial charge < -0.3 is 4.74 Å². The first-order valence-electron chi connectivity index (χ1n) is 7.97. The molecule has 0 unspecified atom stereocenters. The van der Waals surface area contributed by atoms with Crippen LogP contribution in [-0.2, 0) is 11.2 Å². The molecule has 0 saturated heterocycles. The molecule has 6 heteroatoms. The van der Waals surface area contributed by atoms with E-state index in [-0.39, 0.29) is 12.5 Å². The molecule has 0 radical (unpaired) electrons. The van der Waals surface area contributed by atoms with E-state index < -0.39 is 0 Å². The van der Waals surface area contributed by atoms with E-state index in [9.17, 15) is 4.79 Å². The van der Waals surface area contributed by atoms with Gasteiger partial charge in [0, 0.05) is 6.42 Å². The van der Waals surface area contributed by atoms with E-state index in [1.54, 1.807) is 0 Å². The van der Waals surface area contributed by atoms with Crippen LogP contribution in [0.2, 0.25) is 0 Å². The Labute approximate surface area is 150 Å². The minimum absolute atomic E-state index is 0.0576. The van der Waals surface area contributed by atoms with Crippen LogP contribution < -0.4 is 10.1 Å². The number of hydrogen-bond acceptors (Lipinski definition) is 5. The van der Waals surface area contributed by atoms with Crippen LogP contribution >= 0.6 is 11.3 Å². The second-order valence-electron chi connectivity index (χ2n) is 5.70. The molecular weight excluding hydrogens is 334 g/mol. The lowest BCUT2D eigenvalue weighted by molar-refractivity contribution is -0.118. The van der Waals surface area contributed by atoms with Crippen LogP contribution in [0.3, 0.4) is 0 Å². The number of amides is 1. The highest BCUT2D eigenvalue weighted by Gasteiger charge is 2.10. The third kappa shape index (κ3) is 4.64. The van der Waals surface area contributed by atoms with E-state index in [2.05, 4.69) is 15.5 Å². The summed E-state index contributed by atoms with van der Waals surface area (Å²) in [5.74, 6) is 0.473. The lowest BCUT2D eigenvalue weighted by Gasteiger charge is -2.10. The zero-order chi connectivity index (χ0) is 17.6. The maximum absolute atomic E-state index is 12.1. The minimum Gasteiger partial charge on any atom is -0.483 e. The molecule has 0 spiro atoms. The smallest absolute Gasteiger partial charge is 0.264 e. The van der Waals surface area contributed by atoms with Crippen molar-refractivity contribution in [2.45, 2.75) is 20.3 Å². The molecule has 1 amide bonds. The average molecular weight is 353 g/mol. The number of carbonyl (C=O) groups is 1. The maximum atomic E-state index is 12.1. The number of hydrogen-bond donors (Lipinski definition) is 1. The van der Waals surface area contributed by atoms with Crippen molar-refractivity contribution in [3.05, 3.63) is 70.2 Å². The van der Waals surface area contributed by atoms with Gasteiger partial charge in [0.1, 0.15) is 10.8 Å². The first-order valence-corrected chi connectivity index (χ1v) is 8.78. The predicted molar refractivity (Wildman–Crippen MR) is 99.2 cm³/mol. The summed E-state index contributed by atoms with van der Waals surface area (Å²) in [6, 6.07) is 15.8. The molecule has 5 nitrogen and oxygen atoms in total. The van der Waals surface area contributed by atoms with Crippen LogP contribution in [0, 0.1) is 13.8 Å². The van der Waals surface area contributed by atoms with Gasteiger partial charge in [-0.3, -0.25) is 10.1 Å². The molecule has 0 atom stereocenters. The fraction of sp³-hybridized carbons (Fsp3) is 0.211. The molecule has 1 N–H and O–H groups in total. The quantitative estimate of drug-likeness (QED) is 0.733. The van der Waals surface area contributed by atoms with E-state index in [4.69, 9.17) is 4.74 Å². The standard InChI is InChI=1S/C19H19N3O2S/c1-13-7-6-10-16(14(13)2)24-12-17(23)20-19-22-21-18(25-19)11-15-8-4-3-5-9-15/h3-10H,11-12H2,1-2H3,(H,20,22,23). The van der Waals surface area contributed by atoms with Gasteiger partial charge in [-0.05, 0) is 36.6 Å². The first-order chi connectivity index (χ1) is 12.1. The molecular formula is C19H19N3O2S. The Bertz CT molecular complexity index is 862.